The molecule has 1 rings (SSSR count). The minimum atomic E-state index is -0.810. The molecule has 4 heteroatoms. The first-order chi connectivity index (χ1) is 7.60. The van der Waals surface area contributed by atoms with Crippen molar-refractivity contribution in [1.29, 1.82) is 0 Å². The summed E-state index contributed by atoms with van der Waals surface area (Å²) in [5.74, 6) is 0.645. The van der Waals surface area contributed by atoms with Crippen molar-refractivity contribution >= 4 is 5.97 Å². The first-order valence-corrected chi connectivity index (χ1v) is 5.02. The SMILES string of the molecule is COc1ccc(CCC(=O)O)c(OC)c1C. The molecule has 88 valence electrons. The van der Waals surface area contributed by atoms with Crippen LogP contribution in [0.3, 0.4) is 0 Å². The zero-order chi connectivity index (χ0) is 12.1. The van der Waals surface area contributed by atoms with E-state index in [1.165, 1.54) is 0 Å². The van der Waals surface area contributed by atoms with Crippen LogP contribution in [-0.4, -0.2) is 25.3 Å². The summed E-state index contributed by atoms with van der Waals surface area (Å²) in [6.45, 7) is 1.89. The van der Waals surface area contributed by atoms with Crippen LogP contribution >= 0.6 is 0 Å². The topological polar surface area (TPSA) is 55.8 Å². The molecule has 16 heavy (non-hydrogen) atoms. The van der Waals surface area contributed by atoms with E-state index in [9.17, 15) is 4.79 Å². The molecule has 0 fully saturated rings. The standard InChI is InChI=1S/C12H16O4/c1-8-10(15-2)6-4-9(12(8)16-3)5-7-11(13)14/h4,6H,5,7H2,1-3H3,(H,13,14). The molecule has 0 amide bonds. The number of hydrogen-bond donors (Lipinski definition) is 1. The highest BCUT2D eigenvalue weighted by atomic mass is 16.5. The highest BCUT2D eigenvalue weighted by Crippen LogP contribution is 2.31. The highest BCUT2D eigenvalue weighted by molar-refractivity contribution is 5.67. The maximum atomic E-state index is 10.5. The Morgan fingerprint density at radius 3 is 2.50 bits per heavy atom. The summed E-state index contributed by atoms with van der Waals surface area (Å²) in [6, 6.07) is 3.67. The normalized spacial score (nSPS) is 9.94. The van der Waals surface area contributed by atoms with E-state index >= 15 is 0 Å². The van der Waals surface area contributed by atoms with Crippen LogP contribution in [0.15, 0.2) is 12.1 Å². The average Bonchev–Trinajstić information content (AvgIpc) is 2.26. The number of carbonyl (C=O) groups is 1. The maximum absolute atomic E-state index is 10.5. The Kier molecular flexibility index (Phi) is 4.17. The summed E-state index contributed by atoms with van der Waals surface area (Å²) in [5, 5.41) is 8.64. The number of rotatable bonds is 5. The fourth-order valence-corrected chi connectivity index (χ4v) is 1.67. The molecule has 0 aliphatic heterocycles. The molecule has 0 heterocycles. The first-order valence-electron chi connectivity index (χ1n) is 5.02. The third-order valence-corrected chi connectivity index (χ3v) is 2.47. The van der Waals surface area contributed by atoms with Gasteiger partial charge in [-0.2, -0.15) is 0 Å². The number of benzene rings is 1. The fourth-order valence-electron chi connectivity index (χ4n) is 1.67. The van der Waals surface area contributed by atoms with Gasteiger partial charge in [0, 0.05) is 12.0 Å². The lowest BCUT2D eigenvalue weighted by atomic mass is 10.0. The van der Waals surface area contributed by atoms with Crippen molar-refractivity contribution in [2.24, 2.45) is 0 Å². The quantitative estimate of drug-likeness (QED) is 0.831. The van der Waals surface area contributed by atoms with Crippen molar-refractivity contribution in [3.05, 3.63) is 23.3 Å². The second-order valence-corrected chi connectivity index (χ2v) is 3.48. The van der Waals surface area contributed by atoms with Crippen molar-refractivity contribution in [3.63, 3.8) is 0 Å². The summed E-state index contributed by atoms with van der Waals surface area (Å²) in [7, 11) is 3.17. The van der Waals surface area contributed by atoms with Crippen LogP contribution in [0.5, 0.6) is 11.5 Å². The number of aliphatic carboxylic acids is 1. The summed E-state index contributed by atoms with van der Waals surface area (Å²) < 4.78 is 10.4. The molecule has 0 aliphatic rings. The largest absolute Gasteiger partial charge is 0.496 e. The lowest BCUT2D eigenvalue weighted by Crippen LogP contribution is -2.01. The summed E-state index contributed by atoms with van der Waals surface area (Å²) in [6.07, 6.45) is 0.561. The van der Waals surface area contributed by atoms with Crippen LogP contribution in [0.25, 0.3) is 0 Å². The first kappa shape index (κ1) is 12.4. The molecular weight excluding hydrogens is 208 g/mol. The Hall–Kier alpha value is -1.71. The van der Waals surface area contributed by atoms with Crippen LogP contribution in [0.2, 0.25) is 0 Å². The predicted octanol–water partition coefficient (Wildman–Crippen LogP) is 2.03. The van der Waals surface area contributed by atoms with Crippen LogP contribution in [-0.2, 0) is 11.2 Å². The molecule has 0 atom stereocenters. The molecular formula is C12H16O4. The average molecular weight is 224 g/mol. The molecule has 0 saturated carbocycles. The molecule has 0 aliphatic carbocycles. The Morgan fingerprint density at radius 2 is 2.00 bits per heavy atom. The van der Waals surface area contributed by atoms with Crippen molar-refractivity contribution in [1.82, 2.24) is 0 Å². The minimum absolute atomic E-state index is 0.0993. The van der Waals surface area contributed by atoms with E-state index in [4.69, 9.17) is 14.6 Å². The van der Waals surface area contributed by atoms with E-state index < -0.39 is 5.97 Å². The predicted molar refractivity (Wildman–Crippen MR) is 60.2 cm³/mol. The zero-order valence-electron chi connectivity index (χ0n) is 9.74. The van der Waals surface area contributed by atoms with Gasteiger partial charge in [0.05, 0.1) is 14.2 Å². The third kappa shape index (κ3) is 2.66. The van der Waals surface area contributed by atoms with Gasteiger partial charge in [0.1, 0.15) is 11.5 Å². The zero-order valence-corrected chi connectivity index (χ0v) is 9.74. The molecule has 0 bridgehead atoms. The van der Waals surface area contributed by atoms with Gasteiger partial charge in [0.15, 0.2) is 0 Å². The highest BCUT2D eigenvalue weighted by Gasteiger charge is 2.11. The maximum Gasteiger partial charge on any atom is 0.303 e. The van der Waals surface area contributed by atoms with E-state index in [1.54, 1.807) is 14.2 Å². The van der Waals surface area contributed by atoms with Crippen LogP contribution in [0, 0.1) is 6.92 Å². The van der Waals surface area contributed by atoms with Gasteiger partial charge in [-0.3, -0.25) is 4.79 Å². The second-order valence-electron chi connectivity index (χ2n) is 3.48. The van der Waals surface area contributed by atoms with Gasteiger partial charge < -0.3 is 14.6 Å². The number of hydrogen-bond acceptors (Lipinski definition) is 3. The molecule has 1 N–H and O–H groups in total. The lowest BCUT2D eigenvalue weighted by molar-refractivity contribution is -0.136. The van der Waals surface area contributed by atoms with Crippen LogP contribution < -0.4 is 9.47 Å². The lowest BCUT2D eigenvalue weighted by Gasteiger charge is -2.13. The number of methoxy groups -OCH3 is 2. The van der Waals surface area contributed by atoms with Gasteiger partial charge in [-0.1, -0.05) is 6.07 Å². The van der Waals surface area contributed by atoms with Gasteiger partial charge in [-0.15, -0.1) is 0 Å². The Balaban J connectivity index is 3.01. The molecule has 0 saturated heterocycles. The van der Waals surface area contributed by atoms with E-state index in [-0.39, 0.29) is 6.42 Å². The van der Waals surface area contributed by atoms with E-state index in [1.807, 2.05) is 19.1 Å². The molecule has 0 radical (unpaired) electrons. The third-order valence-electron chi connectivity index (χ3n) is 2.47. The van der Waals surface area contributed by atoms with Crippen molar-refractivity contribution in [2.45, 2.75) is 19.8 Å². The molecule has 1 aromatic rings. The minimum Gasteiger partial charge on any atom is -0.496 e. The Morgan fingerprint density at radius 1 is 1.31 bits per heavy atom. The summed E-state index contributed by atoms with van der Waals surface area (Å²) >= 11 is 0. The number of ether oxygens (including phenoxy) is 2. The number of carboxylic acids is 1. The smallest absolute Gasteiger partial charge is 0.303 e. The summed E-state index contributed by atoms with van der Waals surface area (Å²) in [5.41, 5.74) is 1.79. The molecule has 0 aromatic heterocycles. The molecule has 4 nitrogen and oxygen atoms in total. The van der Waals surface area contributed by atoms with E-state index in [0.717, 1.165) is 16.9 Å². The second kappa shape index (κ2) is 5.39. The fraction of sp³-hybridized carbons (Fsp3) is 0.417. The van der Waals surface area contributed by atoms with Gasteiger partial charge in [0.2, 0.25) is 0 Å². The van der Waals surface area contributed by atoms with Gasteiger partial charge in [0.25, 0.3) is 0 Å². The van der Waals surface area contributed by atoms with Gasteiger partial charge in [-0.05, 0) is 25.0 Å². The number of aryl methyl sites for hydroxylation is 1. The van der Waals surface area contributed by atoms with Gasteiger partial charge in [-0.25, -0.2) is 0 Å². The number of carboxylic acid groups (broad SMARTS) is 1. The van der Waals surface area contributed by atoms with Gasteiger partial charge >= 0.3 is 5.97 Å². The van der Waals surface area contributed by atoms with E-state index in [0.29, 0.717) is 12.2 Å². The molecule has 0 unspecified atom stereocenters. The Bertz CT molecular complexity index is 385. The Labute approximate surface area is 94.8 Å². The molecule has 0 spiro atoms. The summed E-state index contributed by atoms with van der Waals surface area (Å²) in [4.78, 5) is 10.5. The van der Waals surface area contributed by atoms with Crippen LogP contribution in [0.4, 0.5) is 0 Å². The van der Waals surface area contributed by atoms with Crippen molar-refractivity contribution in [3.8, 4) is 11.5 Å². The monoisotopic (exact) mass is 224 g/mol. The van der Waals surface area contributed by atoms with Crippen LogP contribution in [0.1, 0.15) is 17.5 Å². The van der Waals surface area contributed by atoms with Crippen molar-refractivity contribution in [2.75, 3.05) is 14.2 Å². The van der Waals surface area contributed by atoms with E-state index in [2.05, 4.69) is 0 Å². The molecule has 1 aromatic carbocycles. The van der Waals surface area contributed by atoms with Crippen molar-refractivity contribution < 1.29 is 19.4 Å².